The summed E-state index contributed by atoms with van der Waals surface area (Å²) >= 11 is 1.60. The van der Waals surface area contributed by atoms with Crippen molar-refractivity contribution in [3.8, 4) is 11.8 Å². The molecule has 0 spiro atoms. The molecular weight excluding hydrogens is 332 g/mol. The van der Waals surface area contributed by atoms with Crippen LogP contribution in [0.1, 0.15) is 20.8 Å². The van der Waals surface area contributed by atoms with Crippen molar-refractivity contribution in [3.63, 3.8) is 0 Å². The van der Waals surface area contributed by atoms with E-state index in [1.54, 1.807) is 47.6 Å². The van der Waals surface area contributed by atoms with E-state index in [0.29, 0.717) is 17.7 Å². The Morgan fingerprint density at radius 3 is 2.60 bits per heavy atom. The van der Waals surface area contributed by atoms with Crippen LogP contribution in [0.5, 0.6) is 5.75 Å². The van der Waals surface area contributed by atoms with Gasteiger partial charge in [0.1, 0.15) is 5.75 Å². The molecule has 0 radical (unpaired) electrons. The second-order valence-corrected chi connectivity index (χ2v) is 6.39. The van der Waals surface area contributed by atoms with Crippen molar-refractivity contribution < 1.29 is 9.53 Å². The molecule has 0 saturated heterocycles. The molecule has 3 aromatic rings. The maximum absolute atomic E-state index is 13.1. The minimum absolute atomic E-state index is 0.143. The van der Waals surface area contributed by atoms with Crippen LogP contribution in [0.2, 0.25) is 0 Å². The average molecular weight is 348 g/mol. The van der Waals surface area contributed by atoms with Crippen molar-refractivity contribution in [1.82, 2.24) is 0 Å². The van der Waals surface area contributed by atoms with E-state index < -0.39 is 0 Å². The number of methoxy groups -OCH3 is 1. The predicted molar refractivity (Wildman–Crippen MR) is 99.0 cm³/mol. The van der Waals surface area contributed by atoms with Gasteiger partial charge in [0.15, 0.2) is 0 Å². The van der Waals surface area contributed by atoms with Crippen LogP contribution < -0.4 is 9.64 Å². The fraction of sp³-hybridized carbons (Fsp3) is 0.100. The molecule has 3 rings (SSSR count). The van der Waals surface area contributed by atoms with E-state index in [4.69, 9.17) is 10.00 Å². The number of hydrogen-bond acceptors (Lipinski definition) is 4. The molecule has 0 aliphatic heterocycles. The number of rotatable bonds is 5. The predicted octanol–water partition coefficient (Wildman–Crippen LogP) is 4.48. The van der Waals surface area contributed by atoms with Crippen LogP contribution in [-0.4, -0.2) is 13.0 Å². The van der Waals surface area contributed by atoms with E-state index >= 15 is 0 Å². The summed E-state index contributed by atoms with van der Waals surface area (Å²) in [7, 11) is 1.61. The lowest BCUT2D eigenvalue weighted by molar-refractivity contribution is 0.0985. The van der Waals surface area contributed by atoms with Crippen LogP contribution in [0.25, 0.3) is 0 Å². The summed E-state index contributed by atoms with van der Waals surface area (Å²) in [5, 5.41) is 11.1. The van der Waals surface area contributed by atoms with Gasteiger partial charge in [0.2, 0.25) is 0 Å². The van der Waals surface area contributed by atoms with E-state index in [1.165, 1.54) is 0 Å². The van der Waals surface area contributed by atoms with Crippen LogP contribution in [0.15, 0.2) is 66.0 Å². The maximum atomic E-state index is 13.1. The molecule has 0 atom stereocenters. The van der Waals surface area contributed by atoms with Gasteiger partial charge < -0.3 is 9.64 Å². The zero-order valence-corrected chi connectivity index (χ0v) is 14.5. The van der Waals surface area contributed by atoms with E-state index in [9.17, 15) is 4.79 Å². The number of benzene rings is 2. The van der Waals surface area contributed by atoms with Crippen LogP contribution >= 0.6 is 11.3 Å². The molecule has 1 heterocycles. The van der Waals surface area contributed by atoms with Gasteiger partial charge in [0.05, 0.1) is 25.3 Å². The number of thiophene rings is 1. The summed E-state index contributed by atoms with van der Waals surface area (Å²) in [6.45, 7) is 0.472. The Hall–Kier alpha value is -3.10. The molecule has 25 heavy (non-hydrogen) atoms. The molecule has 0 bridgehead atoms. The topological polar surface area (TPSA) is 53.3 Å². The van der Waals surface area contributed by atoms with Crippen molar-refractivity contribution in [2.45, 2.75) is 6.54 Å². The molecule has 0 unspecified atom stereocenters. The Balaban J connectivity index is 1.97. The highest BCUT2D eigenvalue weighted by Gasteiger charge is 2.19. The first-order valence-electron chi connectivity index (χ1n) is 7.70. The zero-order chi connectivity index (χ0) is 17.6. The lowest BCUT2D eigenvalue weighted by Crippen LogP contribution is -2.30. The van der Waals surface area contributed by atoms with Gasteiger partial charge >= 0.3 is 0 Å². The summed E-state index contributed by atoms with van der Waals surface area (Å²) in [5.41, 5.74) is 1.74. The first kappa shape index (κ1) is 16.7. The van der Waals surface area contributed by atoms with Gasteiger partial charge in [-0.15, -0.1) is 11.3 Å². The molecule has 4 nitrogen and oxygen atoms in total. The van der Waals surface area contributed by atoms with E-state index in [0.717, 1.165) is 16.3 Å². The molecule has 0 aliphatic carbocycles. The number of anilines is 1. The highest BCUT2D eigenvalue weighted by molar-refractivity contribution is 7.09. The van der Waals surface area contributed by atoms with Crippen molar-refractivity contribution in [2.75, 3.05) is 12.0 Å². The molecule has 1 amide bonds. The quantitative estimate of drug-likeness (QED) is 0.683. The van der Waals surface area contributed by atoms with Gasteiger partial charge in [-0.1, -0.05) is 12.1 Å². The average Bonchev–Trinajstić information content (AvgIpc) is 3.19. The minimum atomic E-state index is -0.143. The normalized spacial score (nSPS) is 10.1. The molecule has 0 saturated carbocycles. The van der Waals surface area contributed by atoms with Gasteiger partial charge in [0, 0.05) is 16.1 Å². The SMILES string of the molecule is COc1ccc(N(Cc2cccs2)C(=O)c2cccc(C#N)c2)cc1. The zero-order valence-electron chi connectivity index (χ0n) is 13.7. The van der Waals surface area contributed by atoms with Crippen LogP contribution in [0.3, 0.4) is 0 Å². The second-order valence-electron chi connectivity index (χ2n) is 5.36. The lowest BCUT2D eigenvalue weighted by atomic mass is 10.1. The largest absolute Gasteiger partial charge is 0.497 e. The van der Waals surface area contributed by atoms with Gasteiger partial charge in [-0.25, -0.2) is 0 Å². The standard InChI is InChI=1S/C20H16N2O2S/c1-24-18-9-7-17(8-10-18)22(14-19-6-3-11-25-19)20(23)16-5-2-4-15(12-16)13-21/h2-12H,14H2,1H3. The summed E-state index contributed by atoms with van der Waals surface area (Å²) in [5.74, 6) is 0.592. The molecular formula is C20H16N2O2S. The van der Waals surface area contributed by atoms with Crippen LogP contribution in [-0.2, 0) is 6.54 Å². The number of carbonyl (C=O) groups excluding carboxylic acids is 1. The molecule has 0 fully saturated rings. The Morgan fingerprint density at radius 1 is 1.16 bits per heavy atom. The smallest absolute Gasteiger partial charge is 0.258 e. The first-order chi connectivity index (χ1) is 12.2. The number of nitrogens with zero attached hydrogens (tertiary/aromatic N) is 2. The molecule has 1 aromatic heterocycles. The lowest BCUT2D eigenvalue weighted by Gasteiger charge is -2.23. The van der Waals surface area contributed by atoms with Crippen molar-refractivity contribution >= 4 is 22.9 Å². The van der Waals surface area contributed by atoms with E-state index in [2.05, 4.69) is 6.07 Å². The fourth-order valence-electron chi connectivity index (χ4n) is 2.48. The Morgan fingerprint density at radius 2 is 1.96 bits per heavy atom. The van der Waals surface area contributed by atoms with Gasteiger partial charge in [-0.3, -0.25) is 4.79 Å². The van der Waals surface area contributed by atoms with Crippen molar-refractivity contribution in [2.24, 2.45) is 0 Å². The third-order valence-corrected chi connectivity index (χ3v) is 4.62. The van der Waals surface area contributed by atoms with E-state index in [-0.39, 0.29) is 5.91 Å². The third kappa shape index (κ3) is 3.87. The van der Waals surface area contributed by atoms with Crippen LogP contribution in [0, 0.1) is 11.3 Å². The van der Waals surface area contributed by atoms with Gasteiger partial charge in [-0.05, 0) is 53.9 Å². The first-order valence-corrected chi connectivity index (χ1v) is 8.57. The Kier molecular flexibility index (Phi) is 5.12. The minimum Gasteiger partial charge on any atom is -0.497 e. The molecule has 5 heteroatoms. The molecule has 124 valence electrons. The molecule has 2 aromatic carbocycles. The molecule has 0 N–H and O–H groups in total. The summed E-state index contributed by atoms with van der Waals surface area (Å²) in [4.78, 5) is 15.9. The second kappa shape index (κ2) is 7.65. The number of ether oxygens (including phenoxy) is 1. The summed E-state index contributed by atoms with van der Waals surface area (Å²) < 4.78 is 5.19. The van der Waals surface area contributed by atoms with E-state index in [1.807, 2.05) is 41.8 Å². The maximum Gasteiger partial charge on any atom is 0.258 e. The van der Waals surface area contributed by atoms with Gasteiger partial charge in [0.25, 0.3) is 5.91 Å². The number of carbonyl (C=O) groups is 1. The number of nitriles is 1. The molecule has 0 aliphatic rings. The fourth-order valence-corrected chi connectivity index (χ4v) is 3.17. The number of amides is 1. The van der Waals surface area contributed by atoms with Crippen molar-refractivity contribution in [3.05, 3.63) is 82.0 Å². The summed E-state index contributed by atoms with van der Waals surface area (Å²) in [6, 6.07) is 20.2. The number of hydrogen-bond donors (Lipinski definition) is 0. The highest BCUT2D eigenvalue weighted by Crippen LogP contribution is 2.24. The Labute approximate surface area is 150 Å². The Bertz CT molecular complexity index is 896. The van der Waals surface area contributed by atoms with Crippen LogP contribution in [0.4, 0.5) is 5.69 Å². The highest BCUT2D eigenvalue weighted by atomic mass is 32.1. The third-order valence-electron chi connectivity index (χ3n) is 3.76. The van der Waals surface area contributed by atoms with Gasteiger partial charge in [-0.2, -0.15) is 5.26 Å². The summed E-state index contributed by atoms with van der Waals surface area (Å²) in [6.07, 6.45) is 0. The monoisotopic (exact) mass is 348 g/mol. The van der Waals surface area contributed by atoms with Crippen molar-refractivity contribution in [1.29, 1.82) is 5.26 Å².